The first kappa shape index (κ1) is 22.4. The molecule has 8 heteroatoms. The van der Waals surface area contributed by atoms with Gasteiger partial charge >= 0.3 is 5.97 Å². The van der Waals surface area contributed by atoms with Crippen LogP contribution in [0.5, 0.6) is 11.5 Å². The Morgan fingerprint density at radius 2 is 1.94 bits per heavy atom. The molecule has 0 aliphatic heterocycles. The highest BCUT2D eigenvalue weighted by Gasteiger charge is 2.16. The zero-order valence-electron chi connectivity index (χ0n) is 18.6. The number of aromatic nitrogens is 2. The van der Waals surface area contributed by atoms with Crippen molar-refractivity contribution in [1.82, 2.24) is 9.97 Å². The fourth-order valence-electron chi connectivity index (χ4n) is 3.87. The highest BCUT2D eigenvalue weighted by Crippen LogP contribution is 2.41. The highest BCUT2D eigenvalue weighted by atomic mass is 32.1. The number of carboxylic acids is 1. The number of benzene rings is 3. The molecule has 0 unspecified atom stereocenters. The van der Waals surface area contributed by atoms with Gasteiger partial charge in [-0.05, 0) is 47.9 Å². The number of nitrogens with one attached hydrogen (secondary N) is 1. The molecule has 0 radical (unpaired) electrons. The average Bonchev–Trinajstić information content (AvgIpc) is 3.52. The first-order valence-electron chi connectivity index (χ1n) is 10.7. The second-order valence-electron chi connectivity index (χ2n) is 7.72. The van der Waals surface area contributed by atoms with Crippen LogP contribution in [0.3, 0.4) is 0 Å². The van der Waals surface area contributed by atoms with Crippen LogP contribution in [-0.4, -0.2) is 40.5 Å². The quantitative estimate of drug-likeness (QED) is 0.213. The summed E-state index contributed by atoms with van der Waals surface area (Å²) in [5.41, 5.74) is 3.20. The van der Waals surface area contributed by atoms with Crippen LogP contribution < -0.4 is 9.47 Å². The van der Waals surface area contributed by atoms with E-state index < -0.39 is 12.6 Å². The number of hydrogen-bond donors (Lipinski definition) is 2. The molecule has 0 aliphatic carbocycles. The third-order valence-corrected chi connectivity index (χ3v) is 6.65. The SMILES string of the molecule is COc1cc(OCC(=O)O)c(/C=C/C(=O)c2cccc3[nH]cnc23)cc1-c1cc2ccccc2s1. The number of fused-ring (bicyclic) bond motifs is 2. The maximum atomic E-state index is 13.0. The summed E-state index contributed by atoms with van der Waals surface area (Å²) >= 11 is 1.62. The minimum absolute atomic E-state index is 0.230. The van der Waals surface area contributed by atoms with Crippen LogP contribution >= 0.6 is 11.3 Å². The van der Waals surface area contributed by atoms with Gasteiger partial charge in [0.2, 0.25) is 0 Å². The van der Waals surface area contributed by atoms with Crippen molar-refractivity contribution in [3.63, 3.8) is 0 Å². The lowest BCUT2D eigenvalue weighted by molar-refractivity contribution is -0.139. The lowest BCUT2D eigenvalue weighted by atomic mass is 10.0. The Hall–Kier alpha value is -4.43. The zero-order chi connectivity index (χ0) is 24.4. The monoisotopic (exact) mass is 484 g/mol. The van der Waals surface area contributed by atoms with Crippen molar-refractivity contribution >= 4 is 50.3 Å². The summed E-state index contributed by atoms with van der Waals surface area (Å²) in [5.74, 6) is -0.488. The predicted octanol–water partition coefficient (Wildman–Crippen LogP) is 5.81. The Balaban J connectivity index is 1.58. The Labute approximate surface area is 204 Å². The number of carboxylic acid groups (broad SMARTS) is 1. The summed E-state index contributed by atoms with van der Waals surface area (Å²) in [4.78, 5) is 32.4. The number of ether oxygens (including phenoxy) is 2. The van der Waals surface area contributed by atoms with E-state index in [0.29, 0.717) is 28.1 Å². The van der Waals surface area contributed by atoms with E-state index in [1.807, 2.05) is 30.3 Å². The molecule has 0 atom stereocenters. The molecule has 0 spiro atoms. The Bertz CT molecular complexity index is 1570. The summed E-state index contributed by atoms with van der Waals surface area (Å²) in [5, 5.41) is 10.2. The second-order valence-corrected chi connectivity index (χ2v) is 8.81. The highest BCUT2D eigenvalue weighted by molar-refractivity contribution is 7.22. The summed E-state index contributed by atoms with van der Waals surface area (Å²) < 4.78 is 12.3. The zero-order valence-corrected chi connectivity index (χ0v) is 19.5. The number of thiophene rings is 1. The molecule has 0 saturated heterocycles. The maximum Gasteiger partial charge on any atom is 0.341 e. The minimum atomic E-state index is -1.10. The van der Waals surface area contributed by atoms with E-state index in [2.05, 4.69) is 22.1 Å². The molecule has 2 heterocycles. The van der Waals surface area contributed by atoms with Gasteiger partial charge in [-0.2, -0.15) is 0 Å². The molecule has 35 heavy (non-hydrogen) atoms. The number of methoxy groups -OCH3 is 1. The molecule has 0 saturated carbocycles. The minimum Gasteiger partial charge on any atom is -0.496 e. The largest absolute Gasteiger partial charge is 0.496 e. The smallest absolute Gasteiger partial charge is 0.341 e. The normalized spacial score (nSPS) is 11.3. The van der Waals surface area contributed by atoms with Crippen LogP contribution in [0.25, 0.3) is 37.6 Å². The Kier molecular flexibility index (Phi) is 6.03. The van der Waals surface area contributed by atoms with E-state index in [1.54, 1.807) is 49.0 Å². The third-order valence-electron chi connectivity index (χ3n) is 5.50. The number of carbonyl (C=O) groups excluding carboxylic acids is 1. The predicted molar refractivity (Wildman–Crippen MR) is 136 cm³/mol. The molecule has 2 N–H and O–H groups in total. The van der Waals surface area contributed by atoms with Crippen molar-refractivity contribution < 1.29 is 24.2 Å². The van der Waals surface area contributed by atoms with Gasteiger partial charge in [-0.3, -0.25) is 4.79 Å². The number of allylic oxidation sites excluding steroid dienone is 1. The second kappa shape index (κ2) is 9.44. The number of aromatic amines is 1. The molecule has 174 valence electrons. The van der Waals surface area contributed by atoms with Crippen LogP contribution in [-0.2, 0) is 4.79 Å². The summed E-state index contributed by atoms with van der Waals surface area (Å²) in [6.45, 7) is -0.521. The van der Waals surface area contributed by atoms with Crippen molar-refractivity contribution in [1.29, 1.82) is 0 Å². The van der Waals surface area contributed by atoms with E-state index in [0.717, 1.165) is 26.0 Å². The van der Waals surface area contributed by atoms with Gasteiger partial charge in [0.1, 0.15) is 11.5 Å². The number of rotatable bonds is 8. The molecule has 2 aromatic heterocycles. The Morgan fingerprint density at radius 1 is 1.09 bits per heavy atom. The van der Waals surface area contributed by atoms with Gasteiger partial charge in [0.15, 0.2) is 12.4 Å². The Morgan fingerprint density at radius 3 is 2.74 bits per heavy atom. The number of hydrogen-bond acceptors (Lipinski definition) is 6. The van der Waals surface area contributed by atoms with Gasteiger partial charge in [0, 0.05) is 32.3 Å². The number of para-hydroxylation sites is 1. The maximum absolute atomic E-state index is 13.0. The van der Waals surface area contributed by atoms with Crippen LogP contribution in [0.15, 0.2) is 73.1 Å². The topological polar surface area (TPSA) is 102 Å². The number of carbonyl (C=O) groups is 2. The van der Waals surface area contributed by atoms with E-state index in [9.17, 15) is 9.59 Å². The van der Waals surface area contributed by atoms with Crippen molar-refractivity contribution in [2.45, 2.75) is 0 Å². The molecule has 0 amide bonds. The van der Waals surface area contributed by atoms with E-state index in [4.69, 9.17) is 14.6 Å². The number of nitrogens with zero attached hydrogens (tertiary/aromatic N) is 1. The van der Waals surface area contributed by atoms with Crippen molar-refractivity contribution in [2.75, 3.05) is 13.7 Å². The average molecular weight is 485 g/mol. The number of ketones is 1. The van der Waals surface area contributed by atoms with Crippen LogP contribution in [0.2, 0.25) is 0 Å². The molecular weight excluding hydrogens is 464 g/mol. The van der Waals surface area contributed by atoms with Gasteiger partial charge in [0.25, 0.3) is 0 Å². The van der Waals surface area contributed by atoms with Crippen molar-refractivity contribution in [2.24, 2.45) is 0 Å². The van der Waals surface area contributed by atoms with Crippen LogP contribution in [0, 0.1) is 0 Å². The number of H-pyrrole nitrogens is 1. The molecule has 0 fully saturated rings. The standard InChI is InChI=1S/C27H20N2O5S/c1-33-23-13-22(34-14-26(31)32)16(11-19(23)25-12-17-5-2-3-8-24(17)35-25)9-10-21(30)18-6-4-7-20-27(18)29-15-28-20/h2-13,15H,14H2,1H3,(H,28,29)(H,31,32)/b10-9+. The van der Waals surface area contributed by atoms with Gasteiger partial charge in [0.05, 0.1) is 24.5 Å². The first-order valence-corrected chi connectivity index (χ1v) is 11.5. The lowest BCUT2D eigenvalue weighted by Gasteiger charge is -2.13. The number of aliphatic carboxylic acids is 1. The molecule has 5 rings (SSSR count). The first-order chi connectivity index (χ1) is 17.0. The fourth-order valence-corrected chi connectivity index (χ4v) is 4.95. The van der Waals surface area contributed by atoms with Gasteiger partial charge in [-0.25, -0.2) is 9.78 Å². The van der Waals surface area contributed by atoms with Gasteiger partial charge in [-0.1, -0.05) is 24.3 Å². The van der Waals surface area contributed by atoms with E-state index in [-0.39, 0.29) is 5.78 Å². The van der Waals surface area contributed by atoms with E-state index in [1.165, 1.54) is 6.08 Å². The summed E-state index contributed by atoms with van der Waals surface area (Å²) in [6, 6.07) is 19.0. The molecule has 7 nitrogen and oxygen atoms in total. The fraction of sp³-hybridized carbons (Fsp3) is 0.0741. The van der Waals surface area contributed by atoms with E-state index >= 15 is 0 Å². The molecule has 5 aromatic rings. The molecule has 3 aromatic carbocycles. The summed E-state index contributed by atoms with van der Waals surface area (Å²) in [7, 11) is 1.55. The summed E-state index contributed by atoms with van der Waals surface area (Å²) in [6.07, 6.45) is 4.61. The third kappa shape index (κ3) is 4.51. The lowest BCUT2D eigenvalue weighted by Crippen LogP contribution is -2.10. The molecule has 0 aliphatic rings. The van der Waals surface area contributed by atoms with Crippen LogP contribution in [0.4, 0.5) is 0 Å². The molecule has 0 bridgehead atoms. The number of imidazole rings is 1. The van der Waals surface area contributed by atoms with Crippen molar-refractivity contribution in [3.05, 3.63) is 84.2 Å². The molecular formula is C27H20N2O5S. The van der Waals surface area contributed by atoms with Gasteiger partial charge in [-0.15, -0.1) is 11.3 Å². The van der Waals surface area contributed by atoms with Gasteiger partial charge < -0.3 is 19.6 Å². The van der Waals surface area contributed by atoms with Crippen molar-refractivity contribution in [3.8, 4) is 21.9 Å². The van der Waals surface area contributed by atoms with Crippen LogP contribution in [0.1, 0.15) is 15.9 Å².